The number of hydrogen-bond donors (Lipinski definition) is 3. The van der Waals surface area contributed by atoms with Gasteiger partial charge in [0.25, 0.3) is 5.91 Å². The molecule has 2 fully saturated rings. The molecule has 1 heterocycles. The van der Waals surface area contributed by atoms with Crippen molar-refractivity contribution in [1.82, 2.24) is 10.6 Å². The summed E-state index contributed by atoms with van der Waals surface area (Å²) < 4.78 is 5.57. The molecule has 2 aliphatic rings. The third kappa shape index (κ3) is 4.06. The molecule has 34 heavy (non-hydrogen) atoms. The Morgan fingerprint density at radius 3 is 2.53 bits per heavy atom. The molecule has 0 spiro atoms. The van der Waals surface area contributed by atoms with Gasteiger partial charge in [0.2, 0.25) is 5.91 Å². The van der Waals surface area contributed by atoms with Crippen LogP contribution >= 0.6 is 23.2 Å². The van der Waals surface area contributed by atoms with Crippen LogP contribution in [0.1, 0.15) is 50.2 Å². The van der Waals surface area contributed by atoms with Gasteiger partial charge in [0.1, 0.15) is 5.75 Å². The van der Waals surface area contributed by atoms with Crippen LogP contribution in [0, 0.1) is 11.3 Å². The van der Waals surface area contributed by atoms with Crippen LogP contribution in [-0.2, 0) is 15.1 Å². The van der Waals surface area contributed by atoms with Crippen molar-refractivity contribution in [2.75, 3.05) is 13.7 Å². The summed E-state index contributed by atoms with van der Waals surface area (Å²) in [6, 6.07) is 13.1. The smallest absolute Gasteiger partial charge is 0.257 e. The monoisotopic (exact) mass is 503 g/mol. The summed E-state index contributed by atoms with van der Waals surface area (Å²) in [6.45, 7) is 4.05. The van der Waals surface area contributed by atoms with Gasteiger partial charge in [0.15, 0.2) is 6.61 Å². The molecule has 4 rings (SSSR count). The lowest BCUT2D eigenvalue weighted by molar-refractivity contribution is -0.132. The van der Waals surface area contributed by atoms with Gasteiger partial charge in [0.05, 0.1) is 5.41 Å². The quantitative estimate of drug-likeness (QED) is 0.545. The van der Waals surface area contributed by atoms with Gasteiger partial charge in [-0.15, -0.1) is 0 Å². The van der Waals surface area contributed by atoms with Gasteiger partial charge in [-0.2, -0.15) is 0 Å². The Labute approximate surface area is 210 Å². The number of fused-ring (bicyclic) bond motifs is 1. The van der Waals surface area contributed by atoms with Crippen molar-refractivity contribution in [1.29, 1.82) is 0 Å². The van der Waals surface area contributed by atoms with E-state index in [0.717, 1.165) is 17.5 Å². The Morgan fingerprint density at radius 2 is 1.91 bits per heavy atom. The Hall–Kier alpha value is -2.28. The molecule has 6 nitrogen and oxygen atoms in total. The fraction of sp³-hybridized carbons (Fsp3) is 0.462. The van der Waals surface area contributed by atoms with E-state index in [1.165, 1.54) is 0 Å². The molecule has 1 saturated heterocycles. The molecule has 1 saturated carbocycles. The Kier molecular flexibility index (Phi) is 6.87. The van der Waals surface area contributed by atoms with Crippen molar-refractivity contribution in [3.05, 3.63) is 63.6 Å². The van der Waals surface area contributed by atoms with E-state index in [4.69, 9.17) is 33.7 Å². The van der Waals surface area contributed by atoms with Crippen LogP contribution in [0.3, 0.4) is 0 Å². The molecule has 0 radical (unpaired) electrons. The van der Waals surface area contributed by atoms with Crippen LogP contribution in [0.5, 0.6) is 5.75 Å². The largest absolute Gasteiger partial charge is 0.484 e. The SMILES string of the molecule is CC[C@@]12CC[C@@](N)(c3ccc(OCC(=O)NC)cc3Cl)[C@H](c3ccc(Cl)cc3)[C@@H]1[C@@H](C)NC2=O. The number of hydrogen-bond acceptors (Lipinski definition) is 4. The molecular formula is C26H31Cl2N3O3. The van der Waals surface area contributed by atoms with Crippen LogP contribution in [0.25, 0.3) is 0 Å². The van der Waals surface area contributed by atoms with E-state index >= 15 is 0 Å². The average Bonchev–Trinajstić information content (AvgIpc) is 3.08. The number of carbonyl (C=O) groups is 2. The normalized spacial score (nSPS) is 30.4. The molecule has 1 aliphatic carbocycles. The second kappa shape index (κ2) is 9.40. The van der Waals surface area contributed by atoms with Crippen molar-refractivity contribution in [2.45, 2.75) is 50.6 Å². The lowest BCUT2D eigenvalue weighted by Crippen LogP contribution is -2.56. The van der Waals surface area contributed by atoms with Gasteiger partial charge < -0.3 is 21.1 Å². The summed E-state index contributed by atoms with van der Waals surface area (Å²) in [4.78, 5) is 24.7. The maximum absolute atomic E-state index is 13.2. The minimum absolute atomic E-state index is 0.00910. The third-order valence-electron chi connectivity index (χ3n) is 7.84. The third-order valence-corrected chi connectivity index (χ3v) is 8.40. The Bertz CT molecular complexity index is 1090. The van der Waals surface area contributed by atoms with Gasteiger partial charge in [0, 0.05) is 40.5 Å². The van der Waals surface area contributed by atoms with Gasteiger partial charge >= 0.3 is 0 Å². The highest BCUT2D eigenvalue weighted by molar-refractivity contribution is 6.31. The number of nitrogens with one attached hydrogen (secondary N) is 2. The first kappa shape index (κ1) is 24.8. The van der Waals surface area contributed by atoms with E-state index < -0.39 is 11.0 Å². The molecule has 2 amide bonds. The second-order valence-electron chi connectivity index (χ2n) is 9.47. The van der Waals surface area contributed by atoms with Crippen molar-refractivity contribution < 1.29 is 14.3 Å². The first-order valence-corrected chi connectivity index (χ1v) is 12.4. The van der Waals surface area contributed by atoms with Crippen LogP contribution in [-0.4, -0.2) is 31.5 Å². The molecule has 1 aliphatic heterocycles. The summed E-state index contributed by atoms with van der Waals surface area (Å²) in [6.07, 6.45) is 2.02. The number of halogens is 2. The molecule has 2 aromatic rings. The summed E-state index contributed by atoms with van der Waals surface area (Å²) in [7, 11) is 1.56. The highest BCUT2D eigenvalue weighted by atomic mass is 35.5. The standard InChI is InChI=1S/C26H31Cl2N3O3/c1-4-25-11-12-26(29,19-10-9-18(13-20(19)28)34-14-21(32)30-3)23(16-5-7-17(27)8-6-16)22(25)15(2)31-24(25)33/h5-10,13,15,22-23H,4,11-12,14,29H2,1-3H3,(H,30,32)(H,31,33)/t15-,22+,23-,25-,26-/m1/s1. The van der Waals surface area contributed by atoms with Gasteiger partial charge in [-0.1, -0.05) is 48.3 Å². The van der Waals surface area contributed by atoms with Gasteiger partial charge in [-0.05, 0) is 61.6 Å². The number of nitrogens with two attached hydrogens (primary N) is 1. The van der Waals surface area contributed by atoms with Crippen LogP contribution < -0.4 is 21.1 Å². The summed E-state index contributed by atoms with van der Waals surface area (Å²) in [5.74, 6) is 0.202. The van der Waals surface area contributed by atoms with Crippen molar-refractivity contribution >= 4 is 35.0 Å². The molecule has 182 valence electrons. The number of likely N-dealkylation sites (N-methyl/N-ethyl adjacent to an activating group) is 1. The highest BCUT2D eigenvalue weighted by Crippen LogP contribution is 2.61. The van der Waals surface area contributed by atoms with Gasteiger partial charge in [-0.25, -0.2) is 0 Å². The van der Waals surface area contributed by atoms with Gasteiger partial charge in [-0.3, -0.25) is 9.59 Å². The zero-order valence-electron chi connectivity index (χ0n) is 19.7. The van der Waals surface area contributed by atoms with Crippen LogP contribution in [0.4, 0.5) is 0 Å². The van der Waals surface area contributed by atoms with E-state index in [-0.39, 0.29) is 36.3 Å². The molecule has 5 atom stereocenters. The van der Waals surface area contributed by atoms with E-state index in [0.29, 0.717) is 28.6 Å². The number of amides is 2. The number of carbonyl (C=O) groups excluding carboxylic acids is 2. The average molecular weight is 504 g/mol. The van der Waals surface area contributed by atoms with Crippen LogP contribution in [0.15, 0.2) is 42.5 Å². The number of benzene rings is 2. The maximum atomic E-state index is 13.2. The summed E-state index contributed by atoms with van der Waals surface area (Å²) in [5, 5.41) is 6.84. The fourth-order valence-electron chi connectivity index (χ4n) is 6.10. The highest BCUT2D eigenvalue weighted by Gasteiger charge is 2.63. The zero-order chi connectivity index (χ0) is 24.7. The summed E-state index contributed by atoms with van der Waals surface area (Å²) >= 11 is 13.0. The molecule has 8 heteroatoms. The maximum Gasteiger partial charge on any atom is 0.257 e. The summed E-state index contributed by atoms with van der Waals surface area (Å²) in [5.41, 5.74) is 7.86. The van der Waals surface area contributed by atoms with E-state index in [9.17, 15) is 9.59 Å². The predicted molar refractivity (Wildman–Crippen MR) is 134 cm³/mol. The predicted octanol–water partition coefficient (Wildman–Crippen LogP) is 4.38. The topological polar surface area (TPSA) is 93.4 Å². The second-order valence-corrected chi connectivity index (χ2v) is 10.3. The molecular weight excluding hydrogens is 473 g/mol. The Balaban J connectivity index is 1.80. The minimum Gasteiger partial charge on any atom is -0.484 e. The molecule has 0 bridgehead atoms. The first-order chi connectivity index (χ1) is 16.2. The molecule has 4 N–H and O–H groups in total. The molecule has 2 aromatic carbocycles. The first-order valence-electron chi connectivity index (χ1n) is 11.6. The van der Waals surface area contributed by atoms with Crippen molar-refractivity contribution in [3.63, 3.8) is 0 Å². The zero-order valence-corrected chi connectivity index (χ0v) is 21.2. The van der Waals surface area contributed by atoms with Crippen molar-refractivity contribution in [3.8, 4) is 5.75 Å². The lowest BCUT2D eigenvalue weighted by atomic mass is 9.51. The van der Waals surface area contributed by atoms with E-state index in [2.05, 4.69) is 24.5 Å². The van der Waals surface area contributed by atoms with E-state index in [1.54, 1.807) is 19.2 Å². The minimum atomic E-state index is -0.811. The van der Waals surface area contributed by atoms with E-state index in [1.807, 2.05) is 30.3 Å². The van der Waals surface area contributed by atoms with Crippen LogP contribution in [0.2, 0.25) is 10.0 Å². The Morgan fingerprint density at radius 1 is 1.21 bits per heavy atom. The fourth-order valence-corrected chi connectivity index (χ4v) is 6.57. The number of ether oxygens (including phenoxy) is 1. The molecule has 0 aromatic heterocycles. The molecule has 0 unspecified atom stereocenters. The number of rotatable bonds is 6. The lowest BCUT2D eigenvalue weighted by Gasteiger charge is -2.53. The van der Waals surface area contributed by atoms with Crippen molar-refractivity contribution in [2.24, 2.45) is 17.1 Å².